The maximum Gasteiger partial charge on any atom is 0.255 e. The molecule has 1 amide bonds. The van der Waals surface area contributed by atoms with E-state index < -0.39 is 0 Å². The van der Waals surface area contributed by atoms with Crippen molar-refractivity contribution >= 4 is 11.6 Å². The summed E-state index contributed by atoms with van der Waals surface area (Å²) in [5.41, 5.74) is 7.48. The van der Waals surface area contributed by atoms with Crippen LogP contribution in [0, 0.1) is 13.8 Å². The predicted octanol–water partition coefficient (Wildman–Crippen LogP) is 4.32. The van der Waals surface area contributed by atoms with E-state index in [0.29, 0.717) is 5.56 Å². The molecule has 1 aromatic carbocycles. The van der Waals surface area contributed by atoms with Gasteiger partial charge in [-0.1, -0.05) is 18.2 Å². The molecule has 1 aliphatic rings. The minimum absolute atomic E-state index is 0.0172. The van der Waals surface area contributed by atoms with Gasteiger partial charge in [0.2, 0.25) is 0 Å². The first kappa shape index (κ1) is 16.8. The van der Waals surface area contributed by atoms with Gasteiger partial charge in [0, 0.05) is 17.6 Å². The van der Waals surface area contributed by atoms with Crippen molar-refractivity contribution in [1.29, 1.82) is 0 Å². The first-order valence-electron chi connectivity index (χ1n) is 9.41. The summed E-state index contributed by atoms with van der Waals surface area (Å²) in [5, 5.41) is 3.19. The number of rotatable bonds is 3. The molecule has 1 aliphatic carbocycles. The maximum absolute atomic E-state index is 12.9. The zero-order chi connectivity index (χ0) is 18.3. The lowest BCUT2D eigenvalue weighted by molar-refractivity contribution is 0.0941. The van der Waals surface area contributed by atoms with E-state index in [1.165, 1.54) is 29.5 Å². The van der Waals surface area contributed by atoms with Crippen LogP contribution >= 0.6 is 0 Å². The first-order valence-corrected chi connectivity index (χ1v) is 9.41. The number of amides is 1. The summed E-state index contributed by atoms with van der Waals surface area (Å²) in [6, 6.07) is 10.4. The molecular formula is C22H25N3O. The number of nitrogens with zero attached hydrogens (tertiary/aromatic N) is 2. The summed E-state index contributed by atoms with van der Waals surface area (Å²) < 4.78 is 1.97. The summed E-state index contributed by atoms with van der Waals surface area (Å²) in [5.74, 6) is -0.0640. The molecule has 0 spiro atoms. The van der Waals surface area contributed by atoms with Crippen molar-refractivity contribution in [3.05, 3.63) is 70.2 Å². The molecule has 4 nitrogen and oxygen atoms in total. The molecule has 0 radical (unpaired) electrons. The second kappa shape index (κ2) is 6.60. The molecule has 0 unspecified atom stereocenters. The highest BCUT2D eigenvalue weighted by Crippen LogP contribution is 2.28. The fraction of sp³-hybridized carbons (Fsp3) is 0.364. The molecule has 134 valence electrons. The van der Waals surface area contributed by atoms with Crippen LogP contribution in [0.2, 0.25) is 0 Å². The number of fused-ring (bicyclic) bond motifs is 2. The van der Waals surface area contributed by atoms with Gasteiger partial charge in [0.15, 0.2) is 0 Å². The summed E-state index contributed by atoms with van der Waals surface area (Å²) in [7, 11) is 0. The molecule has 0 saturated carbocycles. The molecular weight excluding hydrogens is 322 g/mol. The number of carbonyl (C=O) groups excluding carboxylic acids is 1. The largest absolute Gasteiger partial charge is 0.345 e. The van der Waals surface area contributed by atoms with Crippen molar-refractivity contribution in [3.8, 4) is 0 Å². The molecule has 0 bridgehead atoms. The fourth-order valence-corrected chi connectivity index (χ4v) is 4.14. The van der Waals surface area contributed by atoms with E-state index in [0.717, 1.165) is 29.9 Å². The molecule has 2 heterocycles. The third-order valence-corrected chi connectivity index (χ3v) is 5.43. The molecule has 0 fully saturated rings. The van der Waals surface area contributed by atoms with Gasteiger partial charge in [-0.3, -0.25) is 4.79 Å². The van der Waals surface area contributed by atoms with Crippen LogP contribution in [0.1, 0.15) is 64.2 Å². The second-order valence-electron chi connectivity index (χ2n) is 7.35. The van der Waals surface area contributed by atoms with Gasteiger partial charge in [-0.05, 0) is 75.3 Å². The maximum atomic E-state index is 12.9. The van der Waals surface area contributed by atoms with Crippen LogP contribution in [-0.4, -0.2) is 15.3 Å². The van der Waals surface area contributed by atoms with E-state index in [9.17, 15) is 4.79 Å². The van der Waals surface area contributed by atoms with Gasteiger partial charge in [-0.15, -0.1) is 0 Å². The zero-order valence-electron chi connectivity index (χ0n) is 15.7. The monoisotopic (exact) mass is 347 g/mol. The van der Waals surface area contributed by atoms with Gasteiger partial charge in [-0.25, -0.2) is 4.98 Å². The highest BCUT2D eigenvalue weighted by Gasteiger charge is 2.20. The van der Waals surface area contributed by atoms with Crippen molar-refractivity contribution in [2.45, 2.75) is 52.5 Å². The van der Waals surface area contributed by atoms with Crippen LogP contribution in [0.3, 0.4) is 0 Å². The van der Waals surface area contributed by atoms with Crippen LogP contribution in [0.25, 0.3) is 5.65 Å². The third kappa shape index (κ3) is 2.90. The van der Waals surface area contributed by atoms with Crippen LogP contribution in [-0.2, 0) is 12.8 Å². The highest BCUT2D eigenvalue weighted by molar-refractivity contribution is 6.00. The standard InChI is InChI=1S/C22H25N3O/c1-14-13-15(2)25-12-11-20(21(25)23-14)22(26)24-16(3)18-10-6-8-17-7-4-5-9-19(17)18/h6,8,10-13,16H,4-5,7,9H2,1-3H3,(H,24,26)/t16-/m1/s1. The second-order valence-corrected chi connectivity index (χ2v) is 7.35. The fourth-order valence-electron chi connectivity index (χ4n) is 4.14. The smallest absolute Gasteiger partial charge is 0.255 e. The number of aryl methyl sites for hydroxylation is 3. The number of nitrogens with one attached hydrogen (secondary N) is 1. The van der Waals surface area contributed by atoms with Gasteiger partial charge >= 0.3 is 0 Å². The number of aromatic nitrogens is 2. The normalized spacial score (nSPS) is 14.9. The molecule has 26 heavy (non-hydrogen) atoms. The summed E-state index contributed by atoms with van der Waals surface area (Å²) in [6.45, 7) is 6.06. The van der Waals surface area contributed by atoms with Crippen molar-refractivity contribution in [1.82, 2.24) is 14.7 Å². The molecule has 0 aliphatic heterocycles. The van der Waals surface area contributed by atoms with E-state index >= 15 is 0 Å². The van der Waals surface area contributed by atoms with E-state index in [4.69, 9.17) is 0 Å². The average molecular weight is 347 g/mol. The number of hydrogen-bond acceptors (Lipinski definition) is 2. The minimum atomic E-state index is -0.0640. The molecule has 3 aromatic rings. The summed E-state index contributed by atoms with van der Waals surface area (Å²) in [4.78, 5) is 17.5. The van der Waals surface area contributed by atoms with E-state index in [2.05, 4.69) is 35.4 Å². The summed E-state index contributed by atoms with van der Waals surface area (Å²) in [6.07, 6.45) is 6.67. The molecule has 1 N–H and O–H groups in total. The Morgan fingerprint density at radius 2 is 2.00 bits per heavy atom. The average Bonchev–Trinajstić information content (AvgIpc) is 3.05. The van der Waals surface area contributed by atoms with E-state index in [1.807, 2.05) is 36.6 Å². The Labute approximate surface area is 154 Å². The van der Waals surface area contributed by atoms with Gasteiger partial charge in [0.05, 0.1) is 11.6 Å². The van der Waals surface area contributed by atoms with E-state index in [-0.39, 0.29) is 11.9 Å². The first-order chi connectivity index (χ1) is 12.5. The van der Waals surface area contributed by atoms with Crippen molar-refractivity contribution in [2.24, 2.45) is 0 Å². The predicted molar refractivity (Wildman–Crippen MR) is 104 cm³/mol. The SMILES string of the molecule is Cc1cc(C)n2ccc(C(=O)N[C@H](C)c3cccc4c3CCCC4)c2n1. The molecule has 2 aromatic heterocycles. The Hall–Kier alpha value is -2.62. The highest BCUT2D eigenvalue weighted by atomic mass is 16.1. The van der Waals surface area contributed by atoms with Crippen molar-refractivity contribution in [3.63, 3.8) is 0 Å². The number of carbonyl (C=O) groups is 1. The van der Waals surface area contributed by atoms with Crippen LogP contribution in [0.4, 0.5) is 0 Å². The van der Waals surface area contributed by atoms with Gasteiger partial charge in [0.25, 0.3) is 5.91 Å². The molecule has 4 heteroatoms. The lowest BCUT2D eigenvalue weighted by atomic mass is 9.86. The van der Waals surface area contributed by atoms with Gasteiger partial charge in [-0.2, -0.15) is 0 Å². The van der Waals surface area contributed by atoms with Crippen molar-refractivity contribution < 1.29 is 4.79 Å². The topological polar surface area (TPSA) is 46.4 Å². The minimum Gasteiger partial charge on any atom is -0.345 e. The quantitative estimate of drug-likeness (QED) is 0.767. The Morgan fingerprint density at radius 3 is 2.85 bits per heavy atom. The third-order valence-electron chi connectivity index (χ3n) is 5.43. The Balaban J connectivity index is 1.63. The molecule has 0 saturated heterocycles. The number of hydrogen-bond donors (Lipinski definition) is 1. The van der Waals surface area contributed by atoms with Gasteiger partial charge < -0.3 is 9.72 Å². The lowest BCUT2D eigenvalue weighted by Gasteiger charge is -2.23. The Kier molecular flexibility index (Phi) is 4.27. The molecule has 1 atom stereocenters. The molecule has 4 rings (SSSR count). The lowest BCUT2D eigenvalue weighted by Crippen LogP contribution is -2.28. The Morgan fingerprint density at radius 1 is 1.19 bits per heavy atom. The van der Waals surface area contributed by atoms with E-state index in [1.54, 1.807) is 0 Å². The van der Waals surface area contributed by atoms with Crippen LogP contribution in [0.5, 0.6) is 0 Å². The van der Waals surface area contributed by atoms with Crippen LogP contribution in [0.15, 0.2) is 36.5 Å². The Bertz CT molecular complexity index is 986. The van der Waals surface area contributed by atoms with Gasteiger partial charge in [0.1, 0.15) is 5.65 Å². The summed E-state index contributed by atoms with van der Waals surface area (Å²) >= 11 is 0. The van der Waals surface area contributed by atoms with Crippen LogP contribution < -0.4 is 5.32 Å². The van der Waals surface area contributed by atoms with Crippen molar-refractivity contribution in [2.75, 3.05) is 0 Å². The number of benzene rings is 1. The zero-order valence-corrected chi connectivity index (χ0v) is 15.7.